The number of nitrogens with one attached hydrogen (secondary N) is 1. The fourth-order valence-corrected chi connectivity index (χ4v) is 3.47. The molecule has 1 unspecified atom stereocenters. The molecule has 1 atom stereocenters. The number of aromatic nitrogens is 2. The normalized spacial score (nSPS) is 12.3. The second-order valence-electron chi connectivity index (χ2n) is 7.07. The summed E-state index contributed by atoms with van der Waals surface area (Å²) in [5.41, 5.74) is 8.50. The molecule has 2 aromatic heterocycles. The highest BCUT2D eigenvalue weighted by Crippen LogP contribution is 2.21. The first-order valence-corrected chi connectivity index (χ1v) is 10.4. The molecule has 0 aliphatic heterocycles. The minimum atomic E-state index is -0.213. The number of nitrogens with zero attached hydrogens (tertiary/aromatic N) is 2. The predicted molar refractivity (Wildman–Crippen MR) is 111 cm³/mol. The molecule has 0 fully saturated rings. The van der Waals surface area contributed by atoms with Crippen molar-refractivity contribution in [2.75, 3.05) is 6.54 Å². The molecule has 148 valence electrons. The van der Waals surface area contributed by atoms with Crippen LogP contribution in [0, 0.1) is 0 Å². The molecule has 0 aliphatic carbocycles. The average molecular weight is 399 g/mol. The lowest BCUT2D eigenvalue weighted by Gasteiger charge is -2.14. The number of hydrogen-bond acceptors (Lipinski definition) is 6. The summed E-state index contributed by atoms with van der Waals surface area (Å²) >= 11 is 1.57. The van der Waals surface area contributed by atoms with Crippen LogP contribution < -0.4 is 11.1 Å². The van der Waals surface area contributed by atoms with E-state index in [1.807, 2.05) is 29.6 Å². The number of rotatable bonds is 9. The molecule has 0 saturated heterocycles. The van der Waals surface area contributed by atoms with Crippen LogP contribution in [-0.4, -0.2) is 22.6 Å². The third-order valence-corrected chi connectivity index (χ3v) is 5.42. The van der Waals surface area contributed by atoms with Gasteiger partial charge in [-0.1, -0.05) is 49.3 Å². The summed E-state index contributed by atoms with van der Waals surface area (Å²) in [6, 6.07) is 11.9. The molecule has 7 heteroatoms. The lowest BCUT2D eigenvalue weighted by molar-refractivity contribution is -0.121. The summed E-state index contributed by atoms with van der Waals surface area (Å²) < 4.78 is 5.25. The van der Waals surface area contributed by atoms with Crippen LogP contribution in [-0.2, 0) is 11.2 Å². The minimum Gasteiger partial charge on any atom is -0.354 e. The Hall–Kier alpha value is -2.51. The smallest absolute Gasteiger partial charge is 0.226 e. The van der Waals surface area contributed by atoms with E-state index in [0.717, 1.165) is 10.4 Å². The number of carbonyl (C=O) groups is 1. The van der Waals surface area contributed by atoms with Crippen molar-refractivity contribution >= 4 is 17.2 Å². The lowest BCUT2D eigenvalue weighted by atomic mass is 9.99. The molecule has 0 saturated carbocycles. The maximum atomic E-state index is 12.1. The minimum absolute atomic E-state index is 0.0211. The van der Waals surface area contributed by atoms with Crippen molar-refractivity contribution in [2.45, 2.75) is 45.1 Å². The van der Waals surface area contributed by atoms with Gasteiger partial charge in [0.15, 0.2) is 0 Å². The number of carbonyl (C=O) groups excluding carboxylic acids is 1. The number of aryl methyl sites for hydroxylation is 1. The van der Waals surface area contributed by atoms with Gasteiger partial charge in [0.05, 0.1) is 4.88 Å². The Balaban J connectivity index is 1.38. The standard InChI is InChI=1S/C21H26N4O2S/c1-14(2)15-8-10-16(11-9-15)17(22)13-23-19(26)6-3-7-20-24-21(25-27-20)18-5-4-12-28-18/h4-5,8-12,14,17H,3,6-7,13,22H2,1-2H3,(H,23,26). The summed E-state index contributed by atoms with van der Waals surface area (Å²) in [6.45, 7) is 4.74. The first-order valence-electron chi connectivity index (χ1n) is 9.51. The number of hydrogen-bond donors (Lipinski definition) is 2. The second-order valence-corrected chi connectivity index (χ2v) is 8.02. The number of amides is 1. The molecule has 28 heavy (non-hydrogen) atoms. The second kappa shape index (κ2) is 9.61. The largest absolute Gasteiger partial charge is 0.354 e. The molecule has 0 aliphatic rings. The Kier molecular flexibility index (Phi) is 6.95. The third kappa shape index (κ3) is 5.50. The van der Waals surface area contributed by atoms with Gasteiger partial charge >= 0.3 is 0 Å². The van der Waals surface area contributed by atoms with Crippen LogP contribution in [0.2, 0.25) is 0 Å². The summed E-state index contributed by atoms with van der Waals surface area (Å²) in [7, 11) is 0. The van der Waals surface area contributed by atoms with Crippen LogP contribution in [0.3, 0.4) is 0 Å². The summed E-state index contributed by atoms with van der Waals surface area (Å²) in [6.07, 6.45) is 1.63. The molecule has 3 rings (SSSR count). The Labute approximate surface area is 169 Å². The Morgan fingerprint density at radius 1 is 1.21 bits per heavy atom. The first-order chi connectivity index (χ1) is 13.5. The molecule has 0 spiro atoms. The molecule has 0 bridgehead atoms. The zero-order valence-corrected chi connectivity index (χ0v) is 17.0. The van der Waals surface area contributed by atoms with E-state index in [1.54, 1.807) is 11.3 Å². The monoisotopic (exact) mass is 398 g/mol. The Bertz CT molecular complexity index is 872. The maximum absolute atomic E-state index is 12.1. The van der Waals surface area contributed by atoms with Gasteiger partial charge in [0, 0.05) is 25.4 Å². The highest BCUT2D eigenvalue weighted by molar-refractivity contribution is 7.13. The van der Waals surface area contributed by atoms with Gasteiger partial charge < -0.3 is 15.6 Å². The van der Waals surface area contributed by atoms with Gasteiger partial charge in [0.25, 0.3) is 0 Å². The van der Waals surface area contributed by atoms with E-state index in [0.29, 0.717) is 43.4 Å². The molecule has 3 aromatic rings. The van der Waals surface area contributed by atoms with Gasteiger partial charge in [-0.3, -0.25) is 4.79 Å². The van der Waals surface area contributed by atoms with Crippen molar-refractivity contribution in [3.8, 4) is 10.7 Å². The molecular weight excluding hydrogens is 372 g/mol. The predicted octanol–water partition coefficient (Wildman–Crippen LogP) is 4.06. The Morgan fingerprint density at radius 2 is 1.96 bits per heavy atom. The molecule has 3 N–H and O–H groups in total. The van der Waals surface area contributed by atoms with Gasteiger partial charge in [-0.15, -0.1) is 11.3 Å². The van der Waals surface area contributed by atoms with E-state index in [-0.39, 0.29) is 11.9 Å². The summed E-state index contributed by atoms with van der Waals surface area (Å²) in [4.78, 5) is 17.4. The fourth-order valence-electron chi connectivity index (χ4n) is 2.82. The first kappa shape index (κ1) is 20.2. The van der Waals surface area contributed by atoms with Crippen molar-refractivity contribution in [1.29, 1.82) is 0 Å². The summed E-state index contributed by atoms with van der Waals surface area (Å²) in [5, 5.41) is 8.85. The highest BCUT2D eigenvalue weighted by Gasteiger charge is 2.12. The van der Waals surface area contributed by atoms with E-state index in [2.05, 4.69) is 41.4 Å². The van der Waals surface area contributed by atoms with E-state index < -0.39 is 0 Å². The number of thiophene rings is 1. The van der Waals surface area contributed by atoms with Gasteiger partial charge in [-0.2, -0.15) is 4.98 Å². The molecular formula is C21H26N4O2S. The van der Waals surface area contributed by atoms with Crippen LogP contribution in [0.25, 0.3) is 10.7 Å². The van der Waals surface area contributed by atoms with Gasteiger partial charge in [-0.05, 0) is 34.9 Å². The fraction of sp³-hybridized carbons (Fsp3) is 0.381. The van der Waals surface area contributed by atoms with Crippen molar-refractivity contribution < 1.29 is 9.32 Å². The van der Waals surface area contributed by atoms with Crippen molar-refractivity contribution in [3.05, 3.63) is 58.8 Å². The van der Waals surface area contributed by atoms with E-state index in [4.69, 9.17) is 10.3 Å². The zero-order chi connectivity index (χ0) is 19.9. The average Bonchev–Trinajstić information content (AvgIpc) is 3.38. The lowest BCUT2D eigenvalue weighted by Crippen LogP contribution is -2.31. The Morgan fingerprint density at radius 3 is 2.64 bits per heavy atom. The van der Waals surface area contributed by atoms with Gasteiger partial charge in [0.1, 0.15) is 0 Å². The van der Waals surface area contributed by atoms with E-state index in [1.165, 1.54) is 5.56 Å². The summed E-state index contributed by atoms with van der Waals surface area (Å²) in [5.74, 6) is 1.62. The van der Waals surface area contributed by atoms with Crippen molar-refractivity contribution in [2.24, 2.45) is 5.73 Å². The molecule has 6 nitrogen and oxygen atoms in total. The van der Waals surface area contributed by atoms with Gasteiger partial charge in [-0.25, -0.2) is 0 Å². The third-order valence-electron chi connectivity index (χ3n) is 4.55. The van der Waals surface area contributed by atoms with E-state index >= 15 is 0 Å². The van der Waals surface area contributed by atoms with Crippen LogP contribution in [0.5, 0.6) is 0 Å². The molecule has 1 amide bonds. The zero-order valence-electron chi connectivity index (χ0n) is 16.2. The molecule has 2 heterocycles. The maximum Gasteiger partial charge on any atom is 0.226 e. The van der Waals surface area contributed by atoms with Gasteiger partial charge in [0.2, 0.25) is 17.6 Å². The van der Waals surface area contributed by atoms with Crippen LogP contribution in [0.15, 0.2) is 46.3 Å². The SMILES string of the molecule is CC(C)c1ccc(C(N)CNC(=O)CCCc2nc(-c3cccs3)no2)cc1. The van der Waals surface area contributed by atoms with Crippen LogP contribution in [0.4, 0.5) is 0 Å². The van der Waals surface area contributed by atoms with Crippen molar-refractivity contribution in [1.82, 2.24) is 15.5 Å². The highest BCUT2D eigenvalue weighted by atomic mass is 32.1. The van der Waals surface area contributed by atoms with E-state index in [9.17, 15) is 4.79 Å². The quantitative estimate of drug-likeness (QED) is 0.567. The topological polar surface area (TPSA) is 94.0 Å². The van der Waals surface area contributed by atoms with Crippen LogP contribution >= 0.6 is 11.3 Å². The molecule has 1 aromatic carbocycles. The number of benzene rings is 1. The molecule has 0 radical (unpaired) electrons. The van der Waals surface area contributed by atoms with Crippen molar-refractivity contribution in [3.63, 3.8) is 0 Å². The van der Waals surface area contributed by atoms with Crippen LogP contribution in [0.1, 0.15) is 55.7 Å². The number of nitrogens with two attached hydrogens (primary N) is 1.